The number of furan rings is 1. The lowest BCUT2D eigenvalue weighted by Crippen LogP contribution is -1.96. The molecular formula is C63H52N2O. The van der Waals surface area contributed by atoms with Crippen LogP contribution in [-0.2, 0) is 6.42 Å². The third-order valence-corrected chi connectivity index (χ3v) is 12.7. The summed E-state index contributed by atoms with van der Waals surface area (Å²) in [5.41, 5.74) is 22.7. The second-order valence-corrected chi connectivity index (χ2v) is 17.1. The number of aryl methyl sites for hydroxylation is 2. The number of allylic oxidation sites excluding steroid dienone is 2. The van der Waals surface area contributed by atoms with Crippen LogP contribution in [0, 0.1) is 6.92 Å². The van der Waals surface area contributed by atoms with Crippen LogP contribution in [0.25, 0.3) is 93.7 Å². The molecule has 3 nitrogen and oxygen atoms in total. The van der Waals surface area contributed by atoms with Gasteiger partial charge >= 0.3 is 0 Å². The SMILES string of the molecule is C=C(/C=C(\N)c1ccccc1)c1ccccc1.CCCCc1cccc(-c2ccc3c(c2)c2cc(-c4cccc5cccc6oc7cccc(c(C)c4)c7c56)ccc2n3-c2ccccc2)c1. The number of unbranched alkanes of at least 4 members (excludes halogenated alkanes) is 1. The molecule has 2 aromatic heterocycles. The summed E-state index contributed by atoms with van der Waals surface area (Å²) in [7, 11) is 0. The fraction of sp³-hybridized carbons (Fsp3) is 0.0794. The van der Waals surface area contributed by atoms with Gasteiger partial charge in [0, 0.05) is 32.9 Å². The van der Waals surface area contributed by atoms with Crippen molar-refractivity contribution in [3.05, 3.63) is 247 Å². The molecule has 0 unspecified atom stereocenters. The lowest BCUT2D eigenvalue weighted by Gasteiger charge is -2.09. The maximum absolute atomic E-state index is 6.32. The van der Waals surface area contributed by atoms with Gasteiger partial charge in [0.2, 0.25) is 0 Å². The van der Waals surface area contributed by atoms with Crippen molar-refractivity contribution in [2.45, 2.75) is 33.1 Å². The highest BCUT2D eigenvalue weighted by Crippen LogP contribution is 2.39. The van der Waals surface area contributed by atoms with Crippen molar-refractivity contribution in [1.82, 2.24) is 4.57 Å². The fourth-order valence-electron chi connectivity index (χ4n) is 9.32. The molecule has 3 heteroatoms. The van der Waals surface area contributed by atoms with E-state index in [1.165, 1.54) is 95.3 Å². The van der Waals surface area contributed by atoms with E-state index in [2.05, 4.69) is 177 Å². The van der Waals surface area contributed by atoms with Crippen LogP contribution in [0.3, 0.4) is 0 Å². The average molecular weight is 853 g/mol. The minimum absolute atomic E-state index is 0.736. The predicted molar refractivity (Wildman–Crippen MR) is 283 cm³/mol. The molecule has 2 N–H and O–H groups in total. The summed E-state index contributed by atoms with van der Waals surface area (Å²) in [6, 6.07) is 75.4. The molecule has 0 fully saturated rings. The van der Waals surface area contributed by atoms with Gasteiger partial charge in [-0.3, -0.25) is 0 Å². The molecule has 0 saturated carbocycles. The van der Waals surface area contributed by atoms with Crippen molar-refractivity contribution < 1.29 is 4.42 Å². The van der Waals surface area contributed by atoms with Gasteiger partial charge in [-0.15, -0.1) is 0 Å². The molecule has 0 amide bonds. The van der Waals surface area contributed by atoms with Gasteiger partial charge in [0.05, 0.1) is 11.0 Å². The minimum Gasteiger partial charge on any atom is -0.456 e. The van der Waals surface area contributed by atoms with Crippen LogP contribution < -0.4 is 5.73 Å². The van der Waals surface area contributed by atoms with Gasteiger partial charge in [0.1, 0.15) is 11.2 Å². The molecule has 320 valence electrons. The molecule has 0 aliphatic heterocycles. The molecule has 2 heterocycles. The van der Waals surface area contributed by atoms with Gasteiger partial charge in [-0.25, -0.2) is 0 Å². The molecular weight excluding hydrogens is 801 g/mol. The van der Waals surface area contributed by atoms with Crippen LogP contribution in [0.2, 0.25) is 0 Å². The standard InChI is InChI=1S/C47H37NO.C16H15N/c1-3-4-12-32-13-8-16-35(28-32)37-24-26-43-41(30-37)40-29-36(23-25-42(40)48(43)38-18-6-5-7-19-38)34-17-9-14-33-15-10-21-44-46(33)47-39(31(2)27-34)20-11-22-45(47)49-44;1-13(14-8-4-2-5-9-14)12-16(17)15-10-6-3-7-11-15/h5-11,13-30H,3-4,12H2,1-2H3;2-12H,1,17H2/b;16-12-. The summed E-state index contributed by atoms with van der Waals surface area (Å²) < 4.78 is 8.72. The summed E-state index contributed by atoms with van der Waals surface area (Å²) in [6.45, 7) is 8.51. The van der Waals surface area contributed by atoms with Gasteiger partial charge in [0.15, 0.2) is 0 Å². The van der Waals surface area contributed by atoms with Crippen LogP contribution in [0.4, 0.5) is 0 Å². The van der Waals surface area contributed by atoms with Crippen molar-refractivity contribution in [2.75, 3.05) is 0 Å². The zero-order chi connectivity index (χ0) is 45.0. The molecule has 9 aromatic carbocycles. The first-order chi connectivity index (χ1) is 32.4. The molecule has 0 radical (unpaired) electrons. The monoisotopic (exact) mass is 852 g/mol. The Balaban J connectivity index is 0.000000254. The topological polar surface area (TPSA) is 44.1 Å². The van der Waals surface area contributed by atoms with E-state index in [9.17, 15) is 0 Å². The molecule has 11 aromatic rings. The van der Waals surface area contributed by atoms with Gasteiger partial charge in [-0.05, 0) is 135 Å². The van der Waals surface area contributed by atoms with E-state index < -0.39 is 0 Å². The number of rotatable bonds is 9. The Morgan fingerprint density at radius 2 is 1.08 bits per heavy atom. The summed E-state index contributed by atoms with van der Waals surface area (Å²) in [5.74, 6) is 0. The number of fused-ring (bicyclic) bond motifs is 3. The van der Waals surface area contributed by atoms with Crippen molar-refractivity contribution >= 4 is 65.8 Å². The Morgan fingerprint density at radius 3 is 1.73 bits per heavy atom. The first-order valence-corrected chi connectivity index (χ1v) is 22.9. The lowest BCUT2D eigenvalue weighted by atomic mass is 9.97. The van der Waals surface area contributed by atoms with E-state index in [-0.39, 0.29) is 0 Å². The number of nitrogens with zero attached hydrogens (tertiary/aromatic N) is 1. The molecule has 11 rings (SSSR count). The third-order valence-electron chi connectivity index (χ3n) is 12.7. The quantitative estimate of drug-likeness (QED) is 0.147. The van der Waals surface area contributed by atoms with E-state index in [0.29, 0.717) is 0 Å². The van der Waals surface area contributed by atoms with E-state index in [1.54, 1.807) is 0 Å². The lowest BCUT2D eigenvalue weighted by molar-refractivity contribution is 0.669. The predicted octanol–water partition coefficient (Wildman–Crippen LogP) is 17.1. The molecule has 0 saturated heterocycles. The van der Waals surface area contributed by atoms with Crippen LogP contribution in [0.5, 0.6) is 0 Å². The Morgan fingerprint density at radius 1 is 0.530 bits per heavy atom. The highest BCUT2D eigenvalue weighted by atomic mass is 16.3. The van der Waals surface area contributed by atoms with Crippen molar-refractivity contribution in [1.29, 1.82) is 0 Å². The van der Waals surface area contributed by atoms with E-state index in [4.69, 9.17) is 10.2 Å². The molecule has 0 atom stereocenters. The van der Waals surface area contributed by atoms with Crippen LogP contribution in [0.1, 0.15) is 42.0 Å². The number of hydrogen-bond acceptors (Lipinski definition) is 2. The summed E-state index contributed by atoms with van der Waals surface area (Å²) in [4.78, 5) is 0. The van der Waals surface area contributed by atoms with E-state index in [1.807, 2.05) is 66.7 Å². The summed E-state index contributed by atoms with van der Waals surface area (Å²) in [6.07, 6.45) is 5.44. The van der Waals surface area contributed by atoms with Gasteiger partial charge in [-0.1, -0.05) is 184 Å². The smallest absolute Gasteiger partial charge is 0.136 e. The second-order valence-electron chi connectivity index (χ2n) is 17.1. The maximum Gasteiger partial charge on any atom is 0.136 e. The number of benzene rings is 8. The van der Waals surface area contributed by atoms with Crippen LogP contribution in [-0.4, -0.2) is 4.57 Å². The zero-order valence-corrected chi connectivity index (χ0v) is 37.5. The largest absolute Gasteiger partial charge is 0.456 e. The average Bonchev–Trinajstić information content (AvgIpc) is 3.92. The van der Waals surface area contributed by atoms with Gasteiger partial charge < -0.3 is 14.7 Å². The molecule has 0 spiro atoms. The van der Waals surface area contributed by atoms with Gasteiger partial charge in [0.25, 0.3) is 0 Å². The van der Waals surface area contributed by atoms with Gasteiger partial charge in [-0.2, -0.15) is 0 Å². The number of hydrogen-bond donors (Lipinski definition) is 1. The Bertz CT molecular complexity index is 3590. The van der Waals surface area contributed by atoms with E-state index in [0.717, 1.165) is 40.0 Å². The van der Waals surface area contributed by atoms with Crippen molar-refractivity contribution in [2.24, 2.45) is 5.73 Å². The third kappa shape index (κ3) is 8.35. The number of para-hydroxylation sites is 1. The Hall–Kier alpha value is -8.14. The normalized spacial score (nSPS) is 11.6. The maximum atomic E-state index is 6.32. The number of aromatic nitrogens is 1. The minimum atomic E-state index is 0.736. The first kappa shape index (κ1) is 41.8. The summed E-state index contributed by atoms with van der Waals surface area (Å²) in [5, 5.41) is 7.24. The fourth-order valence-corrected chi connectivity index (χ4v) is 9.32. The first-order valence-electron chi connectivity index (χ1n) is 22.9. The van der Waals surface area contributed by atoms with Crippen molar-refractivity contribution in [3.8, 4) is 27.9 Å². The van der Waals surface area contributed by atoms with E-state index >= 15 is 0 Å². The van der Waals surface area contributed by atoms with Crippen molar-refractivity contribution in [3.63, 3.8) is 0 Å². The van der Waals surface area contributed by atoms with Crippen LogP contribution >= 0.6 is 0 Å². The second kappa shape index (κ2) is 18.5. The zero-order valence-electron chi connectivity index (χ0n) is 37.5. The molecule has 66 heavy (non-hydrogen) atoms. The number of nitrogens with two attached hydrogens (primary N) is 1. The molecule has 0 bridgehead atoms. The molecule has 0 aliphatic carbocycles. The van der Waals surface area contributed by atoms with Crippen LogP contribution in [0.15, 0.2) is 229 Å². The Labute approximate surface area is 387 Å². The highest BCUT2D eigenvalue weighted by Gasteiger charge is 2.16. The Kier molecular flexibility index (Phi) is 11.7. The summed E-state index contributed by atoms with van der Waals surface area (Å²) >= 11 is 0. The highest BCUT2D eigenvalue weighted by molar-refractivity contribution is 6.20. The molecule has 0 aliphatic rings.